The molecule has 4 rings (SSSR count). The molecule has 1 N–H and O–H groups in total. The van der Waals surface area contributed by atoms with E-state index in [2.05, 4.69) is 20.4 Å². The molecule has 168 valence electrons. The normalized spacial score (nSPS) is 16.8. The van der Waals surface area contributed by atoms with Crippen molar-refractivity contribution in [3.8, 4) is 17.1 Å². The lowest BCUT2D eigenvalue weighted by atomic mass is 9.97. The van der Waals surface area contributed by atoms with Gasteiger partial charge in [0.15, 0.2) is 0 Å². The molecule has 0 spiro atoms. The van der Waals surface area contributed by atoms with Crippen molar-refractivity contribution >= 4 is 23.2 Å². The van der Waals surface area contributed by atoms with Crippen molar-refractivity contribution in [2.24, 2.45) is 5.92 Å². The van der Waals surface area contributed by atoms with Crippen LogP contribution >= 0.6 is 11.6 Å². The van der Waals surface area contributed by atoms with Crippen molar-refractivity contribution in [2.45, 2.75) is 39.3 Å². The van der Waals surface area contributed by atoms with Crippen molar-refractivity contribution < 1.29 is 14.1 Å². The van der Waals surface area contributed by atoms with Crippen molar-refractivity contribution in [1.82, 2.24) is 15.0 Å². The fourth-order valence-electron chi connectivity index (χ4n) is 3.81. The summed E-state index contributed by atoms with van der Waals surface area (Å²) in [5.41, 5.74) is 1.51. The monoisotopic (exact) mass is 454 g/mol. The number of likely N-dealkylation sites (tertiary alicyclic amines) is 1. The first-order valence-electron chi connectivity index (χ1n) is 10.9. The molecule has 0 radical (unpaired) electrons. The molecule has 8 heteroatoms. The fourth-order valence-corrected chi connectivity index (χ4v) is 4.03. The number of halogens is 1. The van der Waals surface area contributed by atoms with Gasteiger partial charge in [-0.2, -0.15) is 4.98 Å². The summed E-state index contributed by atoms with van der Waals surface area (Å²) in [5.74, 6) is 1.71. The van der Waals surface area contributed by atoms with E-state index < -0.39 is 0 Å². The number of benzene rings is 2. The summed E-state index contributed by atoms with van der Waals surface area (Å²) in [6, 6.07) is 14.9. The van der Waals surface area contributed by atoms with E-state index in [1.807, 2.05) is 56.3 Å². The van der Waals surface area contributed by atoms with Crippen LogP contribution in [0.2, 0.25) is 5.02 Å². The number of piperidine rings is 1. The van der Waals surface area contributed by atoms with Crippen molar-refractivity contribution in [3.05, 3.63) is 59.4 Å². The number of nitrogens with zero attached hydrogens (tertiary/aromatic N) is 3. The highest BCUT2D eigenvalue weighted by Crippen LogP contribution is 2.26. The van der Waals surface area contributed by atoms with Crippen LogP contribution in [0.25, 0.3) is 11.4 Å². The van der Waals surface area contributed by atoms with Crippen molar-refractivity contribution in [3.63, 3.8) is 0 Å². The summed E-state index contributed by atoms with van der Waals surface area (Å²) >= 11 is 6.23. The molecule has 0 bridgehead atoms. The van der Waals surface area contributed by atoms with Crippen LogP contribution < -0.4 is 10.1 Å². The van der Waals surface area contributed by atoms with Crippen molar-refractivity contribution in [2.75, 3.05) is 18.4 Å². The molecule has 1 unspecified atom stereocenters. The van der Waals surface area contributed by atoms with E-state index in [1.54, 1.807) is 6.07 Å². The summed E-state index contributed by atoms with van der Waals surface area (Å²) in [5, 5.41) is 7.66. The van der Waals surface area contributed by atoms with Crippen LogP contribution in [0.5, 0.6) is 5.75 Å². The summed E-state index contributed by atoms with van der Waals surface area (Å²) in [6.07, 6.45) is 1.90. The summed E-state index contributed by atoms with van der Waals surface area (Å²) in [4.78, 5) is 19.5. The number of rotatable bonds is 7. The molecule has 1 amide bonds. The highest BCUT2D eigenvalue weighted by Gasteiger charge is 2.27. The minimum atomic E-state index is -0.0960. The first-order valence-corrected chi connectivity index (χ1v) is 11.2. The Balaban J connectivity index is 1.33. The Morgan fingerprint density at radius 1 is 1.25 bits per heavy atom. The minimum Gasteiger partial charge on any atom is -0.491 e. The number of hydrogen-bond acceptors (Lipinski definition) is 6. The Morgan fingerprint density at radius 2 is 2.03 bits per heavy atom. The molecule has 1 aliphatic heterocycles. The van der Waals surface area contributed by atoms with E-state index in [0.29, 0.717) is 29.8 Å². The van der Waals surface area contributed by atoms with Gasteiger partial charge in [-0.1, -0.05) is 28.9 Å². The molecule has 32 heavy (non-hydrogen) atoms. The second-order valence-electron chi connectivity index (χ2n) is 8.25. The smallest absolute Gasteiger partial charge is 0.241 e. The number of hydrogen-bond donors (Lipinski definition) is 1. The van der Waals surface area contributed by atoms with E-state index in [4.69, 9.17) is 20.9 Å². The zero-order chi connectivity index (χ0) is 22.5. The van der Waals surface area contributed by atoms with Gasteiger partial charge in [-0.3, -0.25) is 9.69 Å². The molecule has 1 fully saturated rings. The van der Waals surface area contributed by atoms with E-state index in [-0.39, 0.29) is 17.9 Å². The molecule has 1 atom stereocenters. The standard InChI is InChI=1S/C24H27ClN4O3/c1-16(2)31-19-11-9-18(10-12-19)26-24(30)17-6-5-13-29(14-17)15-22-27-23(28-32-22)20-7-3-4-8-21(20)25/h3-4,7-12,16-17H,5-6,13-15H2,1-2H3,(H,26,30). The molecule has 0 saturated carbocycles. The molecule has 2 heterocycles. The summed E-state index contributed by atoms with van der Waals surface area (Å²) < 4.78 is 11.1. The summed E-state index contributed by atoms with van der Waals surface area (Å²) in [7, 11) is 0. The highest BCUT2D eigenvalue weighted by molar-refractivity contribution is 6.33. The number of aromatic nitrogens is 2. The Hall–Kier alpha value is -2.90. The van der Waals surface area contributed by atoms with Crippen molar-refractivity contribution in [1.29, 1.82) is 0 Å². The second-order valence-corrected chi connectivity index (χ2v) is 8.65. The number of carbonyl (C=O) groups is 1. The molecule has 1 saturated heterocycles. The highest BCUT2D eigenvalue weighted by atomic mass is 35.5. The minimum absolute atomic E-state index is 0.0227. The number of carbonyl (C=O) groups excluding carboxylic acids is 1. The first kappa shape index (κ1) is 22.3. The second kappa shape index (κ2) is 10.1. The van der Waals surface area contributed by atoms with Crippen LogP contribution in [0.4, 0.5) is 5.69 Å². The average Bonchev–Trinajstić information content (AvgIpc) is 3.23. The van der Waals surface area contributed by atoms with Gasteiger partial charge in [0.1, 0.15) is 5.75 Å². The maximum atomic E-state index is 12.8. The van der Waals surface area contributed by atoms with Crippen LogP contribution in [-0.4, -0.2) is 40.1 Å². The lowest BCUT2D eigenvalue weighted by molar-refractivity contribution is -0.121. The lowest BCUT2D eigenvalue weighted by Gasteiger charge is -2.30. The predicted molar refractivity (Wildman–Crippen MR) is 124 cm³/mol. The van der Waals surface area contributed by atoms with Gasteiger partial charge in [0.2, 0.25) is 17.6 Å². The number of ether oxygens (including phenoxy) is 1. The fraction of sp³-hybridized carbons (Fsp3) is 0.375. The average molecular weight is 455 g/mol. The number of anilines is 1. The number of amides is 1. The lowest BCUT2D eigenvalue weighted by Crippen LogP contribution is -2.40. The van der Waals surface area contributed by atoms with Gasteiger partial charge in [-0.15, -0.1) is 0 Å². The third-order valence-corrected chi connectivity index (χ3v) is 5.64. The van der Waals surface area contributed by atoms with Gasteiger partial charge in [0.05, 0.1) is 23.6 Å². The van der Waals surface area contributed by atoms with E-state index in [0.717, 1.165) is 36.4 Å². The zero-order valence-electron chi connectivity index (χ0n) is 18.3. The maximum absolute atomic E-state index is 12.8. The van der Waals surface area contributed by atoms with E-state index >= 15 is 0 Å². The third-order valence-electron chi connectivity index (χ3n) is 5.31. The van der Waals surface area contributed by atoms with Crippen LogP contribution in [0.3, 0.4) is 0 Å². The maximum Gasteiger partial charge on any atom is 0.241 e. The third kappa shape index (κ3) is 5.66. The summed E-state index contributed by atoms with van der Waals surface area (Å²) in [6.45, 7) is 5.99. The van der Waals surface area contributed by atoms with Crippen LogP contribution in [0, 0.1) is 5.92 Å². The Morgan fingerprint density at radius 3 is 2.78 bits per heavy atom. The Labute approximate surface area is 192 Å². The van der Waals surface area contributed by atoms with Gasteiger partial charge in [-0.25, -0.2) is 0 Å². The SMILES string of the molecule is CC(C)Oc1ccc(NC(=O)C2CCCN(Cc3nc(-c4ccccc4Cl)no3)C2)cc1. The molecular weight excluding hydrogens is 428 g/mol. The van der Waals surface area contributed by atoms with Gasteiger partial charge in [0, 0.05) is 17.8 Å². The molecule has 0 aliphatic carbocycles. The van der Waals surface area contributed by atoms with E-state index in [1.165, 1.54) is 0 Å². The molecule has 2 aromatic carbocycles. The molecule has 3 aromatic rings. The van der Waals surface area contributed by atoms with Gasteiger partial charge in [-0.05, 0) is 69.6 Å². The topological polar surface area (TPSA) is 80.5 Å². The Kier molecular flexibility index (Phi) is 7.07. The van der Waals surface area contributed by atoms with Gasteiger partial charge in [0.25, 0.3) is 0 Å². The zero-order valence-corrected chi connectivity index (χ0v) is 19.0. The molecule has 1 aromatic heterocycles. The quantitative estimate of drug-likeness (QED) is 0.539. The largest absolute Gasteiger partial charge is 0.491 e. The van der Waals surface area contributed by atoms with Crippen LogP contribution in [0.1, 0.15) is 32.6 Å². The van der Waals surface area contributed by atoms with Gasteiger partial charge < -0.3 is 14.6 Å². The number of nitrogens with one attached hydrogen (secondary N) is 1. The molecular formula is C24H27ClN4O3. The van der Waals surface area contributed by atoms with Crippen LogP contribution in [0.15, 0.2) is 53.1 Å². The van der Waals surface area contributed by atoms with E-state index in [9.17, 15) is 4.79 Å². The molecule has 7 nitrogen and oxygen atoms in total. The van der Waals surface area contributed by atoms with Crippen LogP contribution in [-0.2, 0) is 11.3 Å². The molecule has 1 aliphatic rings. The Bertz CT molecular complexity index is 1050. The first-order chi connectivity index (χ1) is 15.5. The predicted octanol–water partition coefficient (Wildman–Crippen LogP) is 5.03. The van der Waals surface area contributed by atoms with Gasteiger partial charge >= 0.3 is 0 Å².